The Kier molecular flexibility index (Phi) is 12.9. The van der Waals surface area contributed by atoms with E-state index in [4.69, 9.17) is 11.2 Å². The fourth-order valence-corrected chi connectivity index (χ4v) is 3.45. The molecule has 194 valence electrons. The van der Waals surface area contributed by atoms with Gasteiger partial charge in [-0.05, 0) is 51.3 Å². The number of carbonyl (C=O) groups excluding carboxylic acids is 3. The second-order valence-electron chi connectivity index (χ2n) is 9.43. The van der Waals surface area contributed by atoms with Gasteiger partial charge in [-0.3, -0.25) is 9.59 Å². The fourth-order valence-electron chi connectivity index (χ4n) is 3.45. The van der Waals surface area contributed by atoms with Crippen LogP contribution in [0.4, 0.5) is 4.79 Å². The molecule has 8 nitrogen and oxygen atoms in total. The minimum Gasteiger partial charge on any atom is -0.444 e. The standard InChI is InChI=1S/C27H41N3O5/c1-7-10-12-18-30(25(33)22(19-31)29-26(34)35-27(4,5)6)23(24(32)28-17-11-8-2)21-15-13-20(9-3)14-16-21/h3,13-16,22-23,31H,7-8,10-12,17-19H2,1-2,4-6H3,(H,28,32)(H,29,34). The van der Waals surface area contributed by atoms with Gasteiger partial charge in [-0.15, -0.1) is 6.42 Å². The van der Waals surface area contributed by atoms with E-state index in [2.05, 4.69) is 16.6 Å². The smallest absolute Gasteiger partial charge is 0.408 e. The van der Waals surface area contributed by atoms with Crippen LogP contribution >= 0.6 is 0 Å². The Hall–Kier alpha value is -3.05. The highest BCUT2D eigenvalue weighted by molar-refractivity contribution is 5.92. The summed E-state index contributed by atoms with van der Waals surface area (Å²) in [4.78, 5) is 40.7. The highest BCUT2D eigenvalue weighted by Crippen LogP contribution is 2.24. The number of nitrogens with zero attached hydrogens (tertiary/aromatic N) is 1. The minimum atomic E-state index is -1.26. The number of aliphatic hydroxyl groups excluding tert-OH is 1. The Bertz CT molecular complexity index is 855. The van der Waals surface area contributed by atoms with Crippen LogP contribution in [-0.4, -0.2) is 59.3 Å². The van der Waals surface area contributed by atoms with Gasteiger partial charge >= 0.3 is 6.09 Å². The van der Waals surface area contributed by atoms with Crippen LogP contribution in [0.1, 0.15) is 83.9 Å². The molecule has 1 aromatic rings. The van der Waals surface area contributed by atoms with Gasteiger partial charge in [0, 0.05) is 18.7 Å². The number of nitrogens with one attached hydrogen (secondary N) is 2. The number of rotatable bonds is 13. The summed E-state index contributed by atoms with van der Waals surface area (Å²) in [6.07, 6.45) is 8.81. The third-order valence-electron chi connectivity index (χ3n) is 5.24. The van der Waals surface area contributed by atoms with Gasteiger partial charge in [0.2, 0.25) is 11.8 Å². The van der Waals surface area contributed by atoms with Crippen molar-refractivity contribution >= 4 is 17.9 Å². The molecule has 0 aliphatic rings. The molecule has 8 heteroatoms. The van der Waals surface area contributed by atoms with Crippen molar-refractivity contribution in [2.75, 3.05) is 19.7 Å². The van der Waals surface area contributed by atoms with Crippen LogP contribution in [0.2, 0.25) is 0 Å². The SMILES string of the molecule is C#Cc1ccc(C(C(=O)NCCCC)N(CCCCC)C(=O)C(CO)NC(=O)OC(C)(C)C)cc1. The second kappa shape index (κ2) is 15.0. The van der Waals surface area contributed by atoms with Crippen molar-refractivity contribution in [2.45, 2.75) is 84.4 Å². The molecule has 0 bridgehead atoms. The van der Waals surface area contributed by atoms with Gasteiger partial charge in [-0.2, -0.15) is 0 Å². The molecule has 0 spiro atoms. The highest BCUT2D eigenvalue weighted by Gasteiger charge is 2.35. The summed E-state index contributed by atoms with van der Waals surface area (Å²) < 4.78 is 5.25. The topological polar surface area (TPSA) is 108 Å². The third kappa shape index (κ3) is 10.4. The van der Waals surface area contributed by atoms with E-state index in [0.29, 0.717) is 24.1 Å². The van der Waals surface area contributed by atoms with Crippen molar-refractivity contribution in [3.05, 3.63) is 35.4 Å². The van der Waals surface area contributed by atoms with Crippen LogP contribution in [0.5, 0.6) is 0 Å². The maximum atomic E-state index is 13.6. The van der Waals surface area contributed by atoms with Gasteiger partial charge in [0.05, 0.1) is 6.61 Å². The van der Waals surface area contributed by atoms with Crippen LogP contribution in [-0.2, 0) is 14.3 Å². The number of benzene rings is 1. The molecule has 3 amide bonds. The summed E-state index contributed by atoms with van der Waals surface area (Å²) in [5.74, 6) is 1.66. The van der Waals surface area contributed by atoms with Crippen molar-refractivity contribution in [3.8, 4) is 12.3 Å². The molecule has 0 aromatic heterocycles. The number of unbranched alkanes of at least 4 members (excludes halogenated alkanes) is 3. The van der Waals surface area contributed by atoms with Crippen molar-refractivity contribution in [3.63, 3.8) is 0 Å². The first-order chi connectivity index (χ1) is 16.6. The van der Waals surface area contributed by atoms with Crippen molar-refractivity contribution in [2.24, 2.45) is 0 Å². The molecule has 0 fully saturated rings. The summed E-state index contributed by atoms with van der Waals surface area (Å²) >= 11 is 0. The number of hydrogen-bond acceptors (Lipinski definition) is 5. The van der Waals surface area contributed by atoms with Gasteiger partial charge in [0.25, 0.3) is 0 Å². The minimum absolute atomic E-state index is 0.280. The summed E-state index contributed by atoms with van der Waals surface area (Å²) in [6, 6.07) is 4.70. The molecule has 0 saturated carbocycles. The first-order valence-corrected chi connectivity index (χ1v) is 12.3. The first kappa shape index (κ1) is 30.0. The maximum Gasteiger partial charge on any atom is 0.408 e. The zero-order chi connectivity index (χ0) is 26.4. The van der Waals surface area contributed by atoms with Crippen LogP contribution in [0.3, 0.4) is 0 Å². The number of amides is 3. The number of carbonyl (C=O) groups is 3. The van der Waals surface area contributed by atoms with Crippen LogP contribution in [0, 0.1) is 12.3 Å². The quantitative estimate of drug-likeness (QED) is 0.291. The number of aliphatic hydroxyl groups is 1. The lowest BCUT2D eigenvalue weighted by Crippen LogP contribution is -2.54. The molecule has 0 saturated heterocycles. The van der Waals surface area contributed by atoms with E-state index < -0.39 is 36.3 Å². The Balaban J connectivity index is 3.35. The zero-order valence-electron chi connectivity index (χ0n) is 21.7. The molecular weight excluding hydrogens is 446 g/mol. The predicted molar refractivity (Wildman–Crippen MR) is 137 cm³/mol. The van der Waals surface area contributed by atoms with E-state index in [1.165, 1.54) is 4.90 Å². The van der Waals surface area contributed by atoms with Gasteiger partial charge in [-0.1, -0.05) is 51.2 Å². The number of terminal acetylenes is 1. The lowest BCUT2D eigenvalue weighted by Gasteiger charge is -2.34. The number of alkyl carbamates (subject to hydrolysis) is 1. The fraction of sp³-hybridized carbons (Fsp3) is 0.593. The zero-order valence-corrected chi connectivity index (χ0v) is 21.7. The molecule has 35 heavy (non-hydrogen) atoms. The first-order valence-electron chi connectivity index (χ1n) is 12.3. The number of ether oxygens (including phenoxy) is 1. The summed E-state index contributed by atoms with van der Waals surface area (Å²) in [5, 5.41) is 15.3. The number of hydrogen-bond donors (Lipinski definition) is 3. The van der Waals surface area contributed by atoms with Gasteiger partial charge < -0.3 is 25.4 Å². The molecule has 2 atom stereocenters. The van der Waals surface area contributed by atoms with E-state index in [-0.39, 0.29) is 12.5 Å². The van der Waals surface area contributed by atoms with Crippen molar-refractivity contribution < 1.29 is 24.2 Å². The molecule has 1 aromatic carbocycles. The lowest BCUT2D eigenvalue weighted by molar-refractivity contribution is -0.143. The molecule has 3 N–H and O–H groups in total. The Morgan fingerprint density at radius 1 is 1.09 bits per heavy atom. The molecule has 1 rings (SSSR count). The van der Waals surface area contributed by atoms with Crippen molar-refractivity contribution in [1.82, 2.24) is 15.5 Å². The summed E-state index contributed by atoms with van der Waals surface area (Å²) in [5.41, 5.74) is 0.480. The largest absolute Gasteiger partial charge is 0.444 e. The monoisotopic (exact) mass is 487 g/mol. The van der Waals surface area contributed by atoms with Gasteiger partial charge in [0.15, 0.2) is 0 Å². The molecule has 0 aliphatic carbocycles. The lowest BCUT2D eigenvalue weighted by atomic mass is 10.0. The molecular formula is C27H41N3O5. The van der Waals surface area contributed by atoms with E-state index in [9.17, 15) is 19.5 Å². The Morgan fingerprint density at radius 3 is 2.23 bits per heavy atom. The van der Waals surface area contributed by atoms with Crippen molar-refractivity contribution in [1.29, 1.82) is 0 Å². The van der Waals surface area contributed by atoms with Gasteiger partial charge in [0.1, 0.15) is 17.7 Å². The summed E-state index contributed by atoms with van der Waals surface area (Å²) in [7, 11) is 0. The van der Waals surface area contributed by atoms with E-state index in [0.717, 1.165) is 25.7 Å². The maximum absolute atomic E-state index is 13.6. The molecule has 0 radical (unpaired) electrons. The second-order valence-corrected chi connectivity index (χ2v) is 9.43. The van der Waals surface area contributed by atoms with E-state index in [1.54, 1.807) is 45.0 Å². The Labute approximate surface area is 209 Å². The Morgan fingerprint density at radius 2 is 1.71 bits per heavy atom. The highest BCUT2D eigenvalue weighted by atomic mass is 16.6. The average Bonchev–Trinajstić information content (AvgIpc) is 2.81. The van der Waals surface area contributed by atoms with Crippen LogP contribution in [0.15, 0.2) is 24.3 Å². The predicted octanol–water partition coefficient (Wildman–Crippen LogP) is 3.53. The van der Waals surface area contributed by atoms with Gasteiger partial charge in [-0.25, -0.2) is 4.79 Å². The van der Waals surface area contributed by atoms with E-state index in [1.807, 2.05) is 13.8 Å². The molecule has 0 aliphatic heterocycles. The average molecular weight is 488 g/mol. The third-order valence-corrected chi connectivity index (χ3v) is 5.24. The summed E-state index contributed by atoms with van der Waals surface area (Å²) in [6.45, 7) is 9.30. The van der Waals surface area contributed by atoms with Crippen LogP contribution in [0.25, 0.3) is 0 Å². The van der Waals surface area contributed by atoms with Crippen LogP contribution < -0.4 is 10.6 Å². The normalized spacial score (nSPS) is 12.7. The van der Waals surface area contributed by atoms with E-state index >= 15 is 0 Å². The molecule has 0 heterocycles. The molecule has 2 unspecified atom stereocenters.